The van der Waals surface area contributed by atoms with Gasteiger partial charge in [-0.1, -0.05) is 6.07 Å². The van der Waals surface area contributed by atoms with Crippen LogP contribution < -0.4 is 5.73 Å². The highest BCUT2D eigenvalue weighted by molar-refractivity contribution is 6.05. The number of pyridine rings is 1. The van der Waals surface area contributed by atoms with E-state index in [1.807, 2.05) is 19.1 Å². The number of hydrogen-bond acceptors (Lipinski definition) is 4. The number of hydrogen-bond donors (Lipinski definition) is 3. The standard InChI is InChI=1S/C22H21N5/c1-12-16-10-13(6-8-19(16)27-26-12)22-15-5-3-2-4-14(15)21-17(11-23)18(24)7-9-20(21)25-22/h6-11,23H,2-5,24H2,1H3,(H,26,27). The molecule has 0 atom stereocenters. The van der Waals surface area contributed by atoms with Crippen LogP contribution in [0.1, 0.15) is 35.2 Å². The van der Waals surface area contributed by atoms with Gasteiger partial charge in [0, 0.05) is 33.8 Å². The average molecular weight is 355 g/mol. The third-order valence-electron chi connectivity index (χ3n) is 5.72. The fourth-order valence-corrected chi connectivity index (χ4v) is 4.35. The van der Waals surface area contributed by atoms with Crippen LogP contribution >= 0.6 is 0 Å². The summed E-state index contributed by atoms with van der Waals surface area (Å²) in [6.45, 7) is 2.02. The number of nitrogens with zero attached hydrogens (tertiary/aromatic N) is 2. The molecular weight excluding hydrogens is 334 g/mol. The lowest BCUT2D eigenvalue weighted by Crippen LogP contribution is -2.09. The highest BCUT2D eigenvalue weighted by Crippen LogP contribution is 2.38. The highest BCUT2D eigenvalue weighted by atomic mass is 15.1. The molecule has 27 heavy (non-hydrogen) atoms. The molecule has 5 rings (SSSR count). The lowest BCUT2D eigenvalue weighted by Gasteiger charge is -2.23. The summed E-state index contributed by atoms with van der Waals surface area (Å²) in [7, 11) is 0. The van der Waals surface area contributed by atoms with Crippen LogP contribution in [0.3, 0.4) is 0 Å². The third kappa shape index (κ3) is 2.35. The molecule has 2 aromatic carbocycles. The number of anilines is 1. The van der Waals surface area contributed by atoms with Gasteiger partial charge in [0.1, 0.15) is 0 Å². The van der Waals surface area contributed by atoms with E-state index < -0.39 is 0 Å². The van der Waals surface area contributed by atoms with Crippen LogP contribution in [-0.4, -0.2) is 21.4 Å². The summed E-state index contributed by atoms with van der Waals surface area (Å²) in [6.07, 6.45) is 5.73. The first kappa shape index (κ1) is 16.0. The van der Waals surface area contributed by atoms with Crippen molar-refractivity contribution >= 4 is 33.7 Å². The van der Waals surface area contributed by atoms with E-state index in [4.69, 9.17) is 16.1 Å². The predicted molar refractivity (Wildman–Crippen MR) is 111 cm³/mol. The Morgan fingerprint density at radius 2 is 1.93 bits per heavy atom. The van der Waals surface area contributed by atoms with Crippen molar-refractivity contribution in [2.75, 3.05) is 5.73 Å². The minimum atomic E-state index is 0.648. The van der Waals surface area contributed by atoms with Gasteiger partial charge in [0.25, 0.3) is 0 Å². The van der Waals surface area contributed by atoms with Crippen LogP contribution in [0, 0.1) is 12.3 Å². The smallest absolute Gasteiger partial charge is 0.0744 e. The topological polar surface area (TPSA) is 91.4 Å². The van der Waals surface area contributed by atoms with Gasteiger partial charge in [0.2, 0.25) is 0 Å². The molecule has 0 saturated heterocycles. The zero-order chi connectivity index (χ0) is 18.5. The van der Waals surface area contributed by atoms with Crippen molar-refractivity contribution in [1.29, 1.82) is 5.41 Å². The maximum absolute atomic E-state index is 7.85. The van der Waals surface area contributed by atoms with Gasteiger partial charge >= 0.3 is 0 Å². The second kappa shape index (κ2) is 5.91. The Hall–Kier alpha value is -3.21. The summed E-state index contributed by atoms with van der Waals surface area (Å²) in [6, 6.07) is 10.2. The van der Waals surface area contributed by atoms with Crippen LogP contribution in [0.2, 0.25) is 0 Å². The molecule has 0 unspecified atom stereocenters. The van der Waals surface area contributed by atoms with Gasteiger partial charge in [0.15, 0.2) is 0 Å². The molecule has 0 amide bonds. The van der Waals surface area contributed by atoms with E-state index >= 15 is 0 Å². The molecule has 0 bridgehead atoms. The monoisotopic (exact) mass is 355 g/mol. The van der Waals surface area contributed by atoms with Crippen LogP contribution in [0.4, 0.5) is 5.69 Å². The predicted octanol–water partition coefficient (Wildman–Crippen LogP) is 4.55. The van der Waals surface area contributed by atoms with E-state index in [9.17, 15) is 0 Å². The number of nitrogen functional groups attached to an aromatic ring is 1. The molecule has 2 aromatic heterocycles. The van der Waals surface area contributed by atoms with E-state index in [1.54, 1.807) is 0 Å². The zero-order valence-corrected chi connectivity index (χ0v) is 15.3. The molecule has 5 nitrogen and oxygen atoms in total. The summed E-state index contributed by atoms with van der Waals surface area (Å²) in [5, 5.41) is 17.4. The summed E-state index contributed by atoms with van der Waals surface area (Å²) >= 11 is 0. The Bertz CT molecular complexity index is 1220. The van der Waals surface area contributed by atoms with Gasteiger partial charge in [-0.2, -0.15) is 5.10 Å². The second-order valence-electron chi connectivity index (χ2n) is 7.30. The fraction of sp³-hybridized carbons (Fsp3) is 0.227. The molecule has 1 aliphatic rings. The van der Waals surface area contributed by atoms with Crippen molar-refractivity contribution in [3.8, 4) is 11.3 Å². The van der Waals surface area contributed by atoms with Crippen molar-refractivity contribution in [2.24, 2.45) is 0 Å². The molecule has 0 saturated carbocycles. The molecule has 2 heterocycles. The summed E-state index contributed by atoms with van der Waals surface area (Å²) in [4.78, 5) is 5.04. The largest absolute Gasteiger partial charge is 0.398 e. The minimum Gasteiger partial charge on any atom is -0.398 e. The molecule has 0 radical (unpaired) electrons. The molecule has 0 fully saturated rings. The zero-order valence-electron chi connectivity index (χ0n) is 15.3. The first-order valence-electron chi connectivity index (χ1n) is 9.37. The molecule has 0 spiro atoms. The van der Waals surface area contributed by atoms with Gasteiger partial charge in [-0.15, -0.1) is 0 Å². The third-order valence-corrected chi connectivity index (χ3v) is 5.72. The van der Waals surface area contributed by atoms with Crippen molar-refractivity contribution in [3.05, 3.63) is 52.7 Å². The van der Waals surface area contributed by atoms with Gasteiger partial charge in [-0.25, -0.2) is 4.98 Å². The summed E-state index contributed by atoms with van der Waals surface area (Å²) in [5.41, 5.74) is 15.4. The lowest BCUT2D eigenvalue weighted by molar-refractivity contribution is 0.689. The summed E-state index contributed by atoms with van der Waals surface area (Å²) < 4.78 is 0. The van der Waals surface area contributed by atoms with Crippen LogP contribution in [-0.2, 0) is 12.8 Å². The maximum Gasteiger partial charge on any atom is 0.0744 e. The van der Waals surface area contributed by atoms with Crippen LogP contribution in [0.25, 0.3) is 33.1 Å². The van der Waals surface area contributed by atoms with Crippen molar-refractivity contribution < 1.29 is 0 Å². The Morgan fingerprint density at radius 1 is 1.11 bits per heavy atom. The first-order valence-corrected chi connectivity index (χ1v) is 9.37. The number of fused-ring (bicyclic) bond motifs is 4. The van der Waals surface area contributed by atoms with E-state index in [0.717, 1.165) is 63.6 Å². The molecular formula is C22H21N5. The Balaban J connectivity index is 1.85. The number of aromatic nitrogens is 3. The Kier molecular flexibility index (Phi) is 3.50. The van der Waals surface area contributed by atoms with E-state index in [1.165, 1.54) is 23.8 Å². The van der Waals surface area contributed by atoms with Gasteiger partial charge in [0.05, 0.1) is 22.4 Å². The Morgan fingerprint density at radius 3 is 2.74 bits per heavy atom. The average Bonchev–Trinajstić information content (AvgIpc) is 3.07. The van der Waals surface area contributed by atoms with Gasteiger partial charge in [-0.3, -0.25) is 5.10 Å². The SMILES string of the molecule is Cc1n[nH]c2ccc(-c3nc4ccc(N)c(C=N)c4c4c3CCCC4)cc12. The Labute approximate surface area is 157 Å². The van der Waals surface area contributed by atoms with Gasteiger partial charge in [-0.05, 0) is 68.0 Å². The van der Waals surface area contributed by atoms with Gasteiger partial charge < -0.3 is 11.1 Å². The van der Waals surface area contributed by atoms with Crippen molar-refractivity contribution in [1.82, 2.24) is 15.2 Å². The number of aryl methyl sites for hydroxylation is 2. The second-order valence-corrected chi connectivity index (χ2v) is 7.30. The highest BCUT2D eigenvalue weighted by Gasteiger charge is 2.21. The molecule has 4 aromatic rings. The van der Waals surface area contributed by atoms with E-state index in [0.29, 0.717) is 5.69 Å². The molecule has 5 heteroatoms. The number of H-pyrrole nitrogens is 1. The molecule has 4 N–H and O–H groups in total. The molecule has 0 aliphatic heterocycles. The van der Waals surface area contributed by atoms with Crippen molar-refractivity contribution in [3.63, 3.8) is 0 Å². The first-order chi connectivity index (χ1) is 13.2. The van der Waals surface area contributed by atoms with Crippen LogP contribution in [0.15, 0.2) is 30.3 Å². The van der Waals surface area contributed by atoms with Crippen molar-refractivity contribution in [2.45, 2.75) is 32.6 Å². The molecule has 134 valence electrons. The number of rotatable bonds is 2. The lowest BCUT2D eigenvalue weighted by atomic mass is 9.84. The van der Waals surface area contributed by atoms with Crippen LogP contribution in [0.5, 0.6) is 0 Å². The number of aromatic amines is 1. The summed E-state index contributed by atoms with van der Waals surface area (Å²) in [5.74, 6) is 0. The number of nitrogens with one attached hydrogen (secondary N) is 2. The maximum atomic E-state index is 7.85. The van der Waals surface area contributed by atoms with E-state index in [2.05, 4.69) is 28.4 Å². The number of nitrogens with two attached hydrogens (primary N) is 1. The quantitative estimate of drug-likeness (QED) is 0.364. The normalized spacial score (nSPS) is 13.8. The fourth-order valence-electron chi connectivity index (χ4n) is 4.35. The number of benzene rings is 2. The molecule has 1 aliphatic carbocycles. The minimum absolute atomic E-state index is 0.648. The van der Waals surface area contributed by atoms with E-state index in [-0.39, 0.29) is 0 Å².